The van der Waals surface area contributed by atoms with Crippen molar-refractivity contribution in [1.29, 1.82) is 0 Å². The molecule has 0 bridgehead atoms. The minimum absolute atomic E-state index is 0.639. The van der Waals surface area contributed by atoms with E-state index in [2.05, 4.69) is 113 Å². The van der Waals surface area contributed by atoms with E-state index in [1.54, 1.807) is 6.20 Å². The third-order valence-electron chi connectivity index (χ3n) is 9.00. The number of hydrogen-bond donors (Lipinski definition) is 0. The largest absolute Gasteiger partial charge is 0.255 e. The van der Waals surface area contributed by atoms with E-state index in [1.807, 2.05) is 66.9 Å². The zero-order valence-electron chi connectivity index (χ0n) is 27.0. The Labute approximate surface area is 289 Å². The molecule has 3 aromatic heterocycles. The van der Waals surface area contributed by atoms with E-state index in [-0.39, 0.29) is 0 Å². The van der Waals surface area contributed by atoms with Crippen molar-refractivity contribution in [3.05, 3.63) is 176 Å². The van der Waals surface area contributed by atoms with Gasteiger partial charge in [-0.25, -0.2) is 15.0 Å². The molecule has 0 aliphatic carbocycles. The Morgan fingerprint density at radius 1 is 0.280 bits per heavy atom. The molecule has 0 saturated carbocycles. The van der Waals surface area contributed by atoms with Gasteiger partial charge in [-0.05, 0) is 80.7 Å². The monoisotopic (exact) mass is 639 g/mol. The van der Waals surface area contributed by atoms with Crippen molar-refractivity contribution < 1.29 is 0 Å². The fourth-order valence-corrected chi connectivity index (χ4v) is 6.34. The molecule has 0 fully saturated rings. The normalized spacial score (nSPS) is 11.2. The van der Waals surface area contributed by atoms with Crippen LogP contribution in [0.4, 0.5) is 0 Å². The van der Waals surface area contributed by atoms with Gasteiger partial charge in [0.1, 0.15) is 0 Å². The third kappa shape index (κ3) is 5.78. The first-order valence-electron chi connectivity index (χ1n) is 16.6. The van der Waals surface area contributed by atoms with Crippen LogP contribution in [-0.4, -0.2) is 24.9 Å². The summed E-state index contributed by atoms with van der Waals surface area (Å²) in [5.74, 6) is 1.92. The van der Waals surface area contributed by atoms with Gasteiger partial charge in [-0.1, -0.05) is 121 Å². The Balaban J connectivity index is 1.07. The molecule has 0 unspecified atom stereocenters. The molecule has 3 heterocycles. The van der Waals surface area contributed by atoms with Crippen LogP contribution < -0.4 is 0 Å². The van der Waals surface area contributed by atoms with Gasteiger partial charge in [0.05, 0.1) is 11.4 Å². The highest BCUT2D eigenvalue weighted by molar-refractivity contribution is 6.01. The second-order valence-corrected chi connectivity index (χ2v) is 12.2. The summed E-state index contributed by atoms with van der Waals surface area (Å²) in [6.07, 6.45) is 3.71. The van der Waals surface area contributed by atoms with Crippen molar-refractivity contribution in [2.24, 2.45) is 0 Å². The lowest BCUT2D eigenvalue weighted by Gasteiger charge is -2.10. The lowest BCUT2D eigenvalue weighted by molar-refractivity contribution is 1.07. The summed E-state index contributed by atoms with van der Waals surface area (Å²) in [4.78, 5) is 24.0. The van der Waals surface area contributed by atoms with Crippen molar-refractivity contribution in [3.63, 3.8) is 0 Å². The number of rotatable bonds is 6. The number of pyridine rings is 2. The molecule has 0 radical (unpaired) electrons. The maximum atomic E-state index is 5.01. The van der Waals surface area contributed by atoms with Crippen molar-refractivity contribution in [1.82, 2.24) is 24.9 Å². The molecular formula is C45H29N5. The molecule has 234 valence electrons. The second-order valence-electron chi connectivity index (χ2n) is 12.2. The highest BCUT2D eigenvalue weighted by atomic mass is 15.0. The minimum atomic E-state index is 0.639. The van der Waals surface area contributed by atoms with E-state index in [0.29, 0.717) is 17.5 Å². The Morgan fingerprint density at radius 3 is 1.38 bits per heavy atom. The van der Waals surface area contributed by atoms with E-state index >= 15 is 0 Å². The molecule has 5 nitrogen and oxygen atoms in total. The van der Waals surface area contributed by atoms with Gasteiger partial charge in [0.25, 0.3) is 0 Å². The first kappa shape index (κ1) is 29.3. The smallest absolute Gasteiger partial charge is 0.164 e. The van der Waals surface area contributed by atoms with E-state index in [1.165, 1.54) is 10.9 Å². The van der Waals surface area contributed by atoms with Crippen LogP contribution in [0.15, 0.2) is 176 Å². The SMILES string of the molecule is c1ccc(-c2ccc(-c3nc(-c4ccccc4)nc(-c4ccc5cc6cc(-c7ccc(-c8ccccn8)nc7)ccc6cc5c4)n3)cc2)cc1. The lowest BCUT2D eigenvalue weighted by atomic mass is 9.98. The highest BCUT2D eigenvalue weighted by Crippen LogP contribution is 2.32. The summed E-state index contributed by atoms with van der Waals surface area (Å²) in [5, 5.41) is 4.61. The van der Waals surface area contributed by atoms with E-state index < -0.39 is 0 Å². The van der Waals surface area contributed by atoms with Crippen LogP contribution in [0.25, 0.3) is 89.4 Å². The predicted molar refractivity (Wildman–Crippen MR) is 203 cm³/mol. The van der Waals surface area contributed by atoms with Crippen LogP contribution in [0.5, 0.6) is 0 Å². The van der Waals surface area contributed by atoms with Crippen molar-refractivity contribution in [3.8, 4) is 67.8 Å². The molecule has 0 aliphatic heterocycles. The summed E-state index contributed by atoms with van der Waals surface area (Å²) in [7, 11) is 0. The molecule has 6 aromatic carbocycles. The fraction of sp³-hybridized carbons (Fsp3) is 0. The molecule has 9 aromatic rings. The first-order valence-corrected chi connectivity index (χ1v) is 16.6. The molecule has 5 heteroatoms. The van der Waals surface area contributed by atoms with Gasteiger partial charge >= 0.3 is 0 Å². The number of benzene rings is 6. The fourth-order valence-electron chi connectivity index (χ4n) is 6.34. The molecule has 0 aliphatic rings. The first-order chi connectivity index (χ1) is 24.7. The zero-order chi connectivity index (χ0) is 33.3. The minimum Gasteiger partial charge on any atom is -0.255 e. The predicted octanol–water partition coefficient (Wildman–Crippen LogP) is 11.0. The van der Waals surface area contributed by atoms with Crippen LogP contribution in [0.2, 0.25) is 0 Å². The maximum absolute atomic E-state index is 5.01. The number of nitrogens with zero attached hydrogens (tertiary/aromatic N) is 5. The average Bonchev–Trinajstić information content (AvgIpc) is 3.20. The molecule has 0 N–H and O–H groups in total. The van der Waals surface area contributed by atoms with E-state index in [4.69, 9.17) is 15.0 Å². The van der Waals surface area contributed by atoms with E-state index in [0.717, 1.165) is 60.9 Å². The average molecular weight is 640 g/mol. The molecule has 50 heavy (non-hydrogen) atoms. The van der Waals surface area contributed by atoms with Gasteiger partial charge in [0.2, 0.25) is 0 Å². The van der Waals surface area contributed by atoms with Gasteiger partial charge in [0.15, 0.2) is 17.5 Å². The summed E-state index contributed by atoms with van der Waals surface area (Å²) < 4.78 is 0. The second kappa shape index (κ2) is 12.6. The Hall–Kier alpha value is -6.85. The molecule has 9 rings (SSSR count). The van der Waals surface area contributed by atoms with Gasteiger partial charge < -0.3 is 0 Å². The van der Waals surface area contributed by atoms with Crippen molar-refractivity contribution in [2.45, 2.75) is 0 Å². The standard InChI is InChI=1S/C45H29N5/c1-3-9-30(10-4-1)31-14-16-33(17-15-31)44-48-43(32-11-5-2-6-12-32)49-45(50-44)37-21-20-36-26-39-25-34(18-19-35(39)27-40(36)28-37)38-22-23-42(47-29-38)41-13-7-8-24-46-41/h1-29H. The Morgan fingerprint density at radius 2 is 0.760 bits per heavy atom. The third-order valence-corrected chi connectivity index (χ3v) is 9.00. The summed E-state index contributed by atoms with van der Waals surface area (Å²) in [6.45, 7) is 0. The summed E-state index contributed by atoms with van der Waals surface area (Å²) in [5.41, 5.74) is 9.06. The highest BCUT2D eigenvalue weighted by Gasteiger charge is 2.14. The summed E-state index contributed by atoms with van der Waals surface area (Å²) in [6, 6.07) is 56.3. The number of hydrogen-bond acceptors (Lipinski definition) is 5. The molecule has 0 saturated heterocycles. The topological polar surface area (TPSA) is 64.5 Å². The Kier molecular flexibility index (Phi) is 7.41. The van der Waals surface area contributed by atoms with Gasteiger partial charge in [-0.15, -0.1) is 0 Å². The molecular weight excluding hydrogens is 611 g/mol. The van der Waals surface area contributed by atoms with Crippen molar-refractivity contribution in [2.75, 3.05) is 0 Å². The number of fused-ring (bicyclic) bond motifs is 2. The molecule has 0 amide bonds. The van der Waals surface area contributed by atoms with Crippen LogP contribution in [0, 0.1) is 0 Å². The van der Waals surface area contributed by atoms with Crippen LogP contribution in [-0.2, 0) is 0 Å². The van der Waals surface area contributed by atoms with Gasteiger partial charge in [-0.3, -0.25) is 9.97 Å². The van der Waals surface area contributed by atoms with E-state index in [9.17, 15) is 0 Å². The quantitative estimate of drug-likeness (QED) is 0.169. The van der Waals surface area contributed by atoms with Crippen LogP contribution in [0.1, 0.15) is 0 Å². The van der Waals surface area contributed by atoms with Gasteiger partial charge in [-0.2, -0.15) is 0 Å². The maximum Gasteiger partial charge on any atom is 0.164 e. The van der Waals surface area contributed by atoms with Crippen LogP contribution >= 0.6 is 0 Å². The molecule has 0 atom stereocenters. The van der Waals surface area contributed by atoms with Crippen LogP contribution in [0.3, 0.4) is 0 Å². The Bertz CT molecular complexity index is 2600. The zero-order valence-corrected chi connectivity index (χ0v) is 27.0. The lowest BCUT2D eigenvalue weighted by Crippen LogP contribution is -2.00. The summed E-state index contributed by atoms with van der Waals surface area (Å²) >= 11 is 0. The van der Waals surface area contributed by atoms with Gasteiger partial charge in [0, 0.05) is 34.6 Å². The molecule has 0 spiro atoms. The van der Waals surface area contributed by atoms with Crippen molar-refractivity contribution >= 4 is 21.5 Å². The number of aromatic nitrogens is 5.